The molecule has 0 spiro atoms. The van der Waals surface area contributed by atoms with E-state index >= 15 is 0 Å². The Labute approximate surface area is 104 Å². The summed E-state index contributed by atoms with van der Waals surface area (Å²) in [5.74, 6) is 0.938. The number of hydrogen-bond donors (Lipinski definition) is 2. The van der Waals surface area contributed by atoms with Crippen molar-refractivity contribution in [2.24, 2.45) is 11.8 Å². The average molecular weight is 240 g/mol. The van der Waals surface area contributed by atoms with Crippen molar-refractivity contribution in [3.8, 4) is 0 Å². The van der Waals surface area contributed by atoms with Crippen molar-refractivity contribution in [2.75, 3.05) is 6.61 Å². The second-order valence-corrected chi connectivity index (χ2v) is 4.90. The molecule has 1 aliphatic rings. The molecule has 1 aliphatic carbocycles. The third-order valence-electron chi connectivity index (χ3n) is 3.84. The maximum atomic E-state index is 11.3. The van der Waals surface area contributed by atoms with E-state index in [-0.39, 0.29) is 6.61 Å². The van der Waals surface area contributed by atoms with Crippen LogP contribution in [0.15, 0.2) is 11.8 Å². The van der Waals surface area contributed by atoms with Crippen LogP contribution in [-0.2, 0) is 4.79 Å². The van der Waals surface area contributed by atoms with Gasteiger partial charge in [-0.1, -0.05) is 13.3 Å². The molecule has 0 aromatic rings. The van der Waals surface area contributed by atoms with Crippen molar-refractivity contribution in [3.05, 3.63) is 11.8 Å². The van der Waals surface area contributed by atoms with Crippen LogP contribution in [0.4, 0.5) is 0 Å². The summed E-state index contributed by atoms with van der Waals surface area (Å²) in [5, 5.41) is 18.4. The van der Waals surface area contributed by atoms with Crippen LogP contribution in [0, 0.1) is 11.8 Å². The summed E-state index contributed by atoms with van der Waals surface area (Å²) in [4.78, 5) is 11.3. The molecule has 0 amide bonds. The molecule has 3 heteroatoms. The Bertz CT molecular complexity index is 269. The molecule has 1 fully saturated rings. The van der Waals surface area contributed by atoms with Crippen molar-refractivity contribution in [1.29, 1.82) is 0 Å². The third kappa shape index (κ3) is 4.15. The molecular weight excluding hydrogens is 216 g/mol. The highest BCUT2D eigenvalue weighted by Crippen LogP contribution is 2.38. The molecule has 1 rings (SSSR count). The third-order valence-corrected chi connectivity index (χ3v) is 3.84. The van der Waals surface area contributed by atoms with Gasteiger partial charge in [-0.2, -0.15) is 0 Å². The van der Waals surface area contributed by atoms with E-state index in [4.69, 9.17) is 5.11 Å². The fourth-order valence-electron chi connectivity index (χ4n) is 2.78. The monoisotopic (exact) mass is 240 g/mol. The Hall–Kier alpha value is -0.830. The fourth-order valence-corrected chi connectivity index (χ4v) is 2.78. The van der Waals surface area contributed by atoms with Crippen LogP contribution in [0.25, 0.3) is 0 Å². The van der Waals surface area contributed by atoms with Gasteiger partial charge in [-0.05, 0) is 43.1 Å². The van der Waals surface area contributed by atoms with Crippen LogP contribution in [0.3, 0.4) is 0 Å². The molecule has 0 aliphatic heterocycles. The standard InChI is InChI=1S/C14H24O3/c1-2-13(17)7-6-11-4-3-5-12(8-9-15)14(11)10-16/h10-12,15-16H,2-9H2,1H3/b14-10+. The molecule has 0 saturated heterocycles. The molecule has 2 atom stereocenters. The first-order chi connectivity index (χ1) is 8.22. The lowest BCUT2D eigenvalue weighted by atomic mass is 9.74. The van der Waals surface area contributed by atoms with Gasteiger partial charge in [0.15, 0.2) is 0 Å². The average Bonchev–Trinajstić information content (AvgIpc) is 2.36. The first-order valence-electron chi connectivity index (χ1n) is 6.69. The lowest BCUT2D eigenvalue weighted by Crippen LogP contribution is -2.21. The van der Waals surface area contributed by atoms with Gasteiger partial charge in [0.25, 0.3) is 0 Å². The molecule has 2 N–H and O–H groups in total. The van der Waals surface area contributed by atoms with E-state index in [1.807, 2.05) is 6.92 Å². The minimum Gasteiger partial charge on any atom is -0.516 e. The molecule has 17 heavy (non-hydrogen) atoms. The van der Waals surface area contributed by atoms with Crippen molar-refractivity contribution in [3.63, 3.8) is 0 Å². The maximum Gasteiger partial charge on any atom is 0.132 e. The van der Waals surface area contributed by atoms with Crippen molar-refractivity contribution < 1.29 is 15.0 Å². The second kappa shape index (κ2) is 7.49. The number of carbonyl (C=O) groups is 1. The lowest BCUT2D eigenvalue weighted by Gasteiger charge is -2.31. The lowest BCUT2D eigenvalue weighted by molar-refractivity contribution is -0.119. The minimum absolute atomic E-state index is 0.169. The molecule has 0 aromatic carbocycles. The number of carbonyl (C=O) groups excluding carboxylic acids is 1. The summed E-state index contributed by atoms with van der Waals surface area (Å²) in [6, 6.07) is 0. The molecule has 2 unspecified atom stereocenters. The molecule has 0 radical (unpaired) electrons. The van der Waals surface area contributed by atoms with Crippen molar-refractivity contribution >= 4 is 5.78 Å². The largest absolute Gasteiger partial charge is 0.516 e. The predicted octanol–water partition coefficient (Wildman–Crippen LogP) is 2.99. The van der Waals surface area contributed by atoms with Crippen LogP contribution in [0.5, 0.6) is 0 Å². The summed E-state index contributed by atoms with van der Waals surface area (Å²) < 4.78 is 0. The summed E-state index contributed by atoms with van der Waals surface area (Å²) in [6.07, 6.45) is 7.25. The summed E-state index contributed by atoms with van der Waals surface area (Å²) in [6.45, 7) is 2.06. The van der Waals surface area contributed by atoms with Gasteiger partial charge in [0.2, 0.25) is 0 Å². The van der Waals surface area contributed by atoms with Crippen LogP contribution >= 0.6 is 0 Å². The van der Waals surface area contributed by atoms with Crippen LogP contribution in [-0.4, -0.2) is 22.6 Å². The minimum atomic E-state index is 0.169. The Morgan fingerprint density at radius 1 is 1.35 bits per heavy atom. The zero-order chi connectivity index (χ0) is 12.7. The van der Waals surface area contributed by atoms with E-state index in [0.717, 1.165) is 37.7 Å². The van der Waals surface area contributed by atoms with Gasteiger partial charge in [0.05, 0.1) is 6.26 Å². The Balaban J connectivity index is 2.54. The zero-order valence-electron chi connectivity index (χ0n) is 10.7. The highest BCUT2D eigenvalue weighted by Gasteiger charge is 2.27. The van der Waals surface area contributed by atoms with E-state index in [2.05, 4.69) is 0 Å². The Morgan fingerprint density at radius 3 is 2.53 bits per heavy atom. The molecule has 3 nitrogen and oxygen atoms in total. The van der Waals surface area contributed by atoms with Gasteiger partial charge in [0, 0.05) is 19.4 Å². The van der Waals surface area contributed by atoms with Crippen LogP contribution in [0.1, 0.15) is 51.9 Å². The molecule has 98 valence electrons. The quantitative estimate of drug-likeness (QED) is 0.702. The summed E-state index contributed by atoms with van der Waals surface area (Å²) in [7, 11) is 0. The van der Waals surface area contributed by atoms with E-state index in [0.29, 0.717) is 30.5 Å². The number of aliphatic hydroxyl groups excluding tert-OH is 2. The van der Waals surface area contributed by atoms with Crippen molar-refractivity contribution in [1.82, 2.24) is 0 Å². The maximum absolute atomic E-state index is 11.3. The highest BCUT2D eigenvalue weighted by atomic mass is 16.3. The molecular formula is C14H24O3. The molecule has 0 bridgehead atoms. The number of aliphatic hydroxyl groups is 2. The fraction of sp³-hybridized carbons (Fsp3) is 0.786. The summed E-state index contributed by atoms with van der Waals surface area (Å²) in [5.41, 5.74) is 1.05. The zero-order valence-corrected chi connectivity index (χ0v) is 10.7. The van der Waals surface area contributed by atoms with E-state index in [1.54, 1.807) is 0 Å². The summed E-state index contributed by atoms with van der Waals surface area (Å²) >= 11 is 0. The van der Waals surface area contributed by atoms with Crippen LogP contribution < -0.4 is 0 Å². The van der Waals surface area contributed by atoms with E-state index < -0.39 is 0 Å². The van der Waals surface area contributed by atoms with Gasteiger partial charge in [-0.25, -0.2) is 0 Å². The van der Waals surface area contributed by atoms with Crippen LogP contribution in [0.2, 0.25) is 0 Å². The van der Waals surface area contributed by atoms with Crippen molar-refractivity contribution in [2.45, 2.75) is 51.9 Å². The Kier molecular flexibility index (Phi) is 6.27. The van der Waals surface area contributed by atoms with E-state index in [9.17, 15) is 9.90 Å². The molecule has 0 aromatic heterocycles. The number of rotatable bonds is 6. The van der Waals surface area contributed by atoms with Gasteiger partial charge in [0.1, 0.15) is 5.78 Å². The van der Waals surface area contributed by atoms with E-state index in [1.165, 1.54) is 6.26 Å². The van der Waals surface area contributed by atoms with Gasteiger partial charge in [-0.3, -0.25) is 4.79 Å². The smallest absolute Gasteiger partial charge is 0.132 e. The van der Waals surface area contributed by atoms with Gasteiger partial charge >= 0.3 is 0 Å². The number of allylic oxidation sites excluding steroid dienone is 1. The normalized spacial score (nSPS) is 27.3. The molecule has 0 heterocycles. The first kappa shape index (κ1) is 14.2. The second-order valence-electron chi connectivity index (χ2n) is 4.90. The number of hydrogen-bond acceptors (Lipinski definition) is 3. The predicted molar refractivity (Wildman–Crippen MR) is 67.8 cm³/mol. The highest BCUT2D eigenvalue weighted by molar-refractivity contribution is 5.77. The topological polar surface area (TPSA) is 57.5 Å². The number of ketones is 1. The Morgan fingerprint density at radius 2 is 2.00 bits per heavy atom. The SMILES string of the molecule is CCC(=O)CCC1CCCC(CCO)/C1=C/O. The first-order valence-corrected chi connectivity index (χ1v) is 6.69. The van der Waals surface area contributed by atoms with Gasteiger partial charge in [-0.15, -0.1) is 0 Å². The molecule has 1 saturated carbocycles. The number of Topliss-reactive ketones (excluding diaryl/α,β-unsaturated/α-hetero) is 1. The van der Waals surface area contributed by atoms with Gasteiger partial charge < -0.3 is 10.2 Å².